The van der Waals surface area contributed by atoms with E-state index in [2.05, 4.69) is 6.92 Å². The molecule has 3 unspecified atom stereocenters. The van der Waals surface area contributed by atoms with Gasteiger partial charge in [-0.05, 0) is 6.07 Å². The summed E-state index contributed by atoms with van der Waals surface area (Å²) in [5.41, 5.74) is 0.742. The molecule has 5 heteroatoms. The summed E-state index contributed by atoms with van der Waals surface area (Å²) in [4.78, 5) is 0. The molecule has 17 heavy (non-hydrogen) atoms. The van der Waals surface area contributed by atoms with Gasteiger partial charge >= 0.3 is 0 Å². The number of halogens is 2. The summed E-state index contributed by atoms with van der Waals surface area (Å²) in [7, 11) is 0. The topological polar surface area (TPSA) is 20.2 Å². The zero-order valence-electron chi connectivity index (χ0n) is 9.40. The molecule has 1 N–H and O–H groups in total. The highest BCUT2D eigenvalue weighted by atomic mass is 35.5. The van der Waals surface area contributed by atoms with E-state index in [9.17, 15) is 5.11 Å². The zero-order chi connectivity index (χ0) is 12.4. The first-order valence-corrected chi connectivity index (χ1v) is 8.32. The van der Waals surface area contributed by atoms with Gasteiger partial charge in [0.15, 0.2) is 0 Å². The molecule has 1 nitrogen and oxygen atoms in total. The van der Waals surface area contributed by atoms with Crippen LogP contribution < -0.4 is 0 Å². The second-order valence-electron chi connectivity index (χ2n) is 4.00. The Bertz CT molecular complexity index is 400. The van der Waals surface area contributed by atoms with E-state index in [0.29, 0.717) is 15.3 Å². The van der Waals surface area contributed by atoms with Gasteiger partial charge in [0.2, 0.25) is 0 Å². The number of hydrogen-bond acceptors (Lipinski definition) is 3. The first kappa shape index (κ1) is 13.9. The Hall–Kier alpha value is 0.460. The smallest absolute Gasteiger partial charge is 0.0934 e. The number of aliphatic hydroxyl groups excluding tert-OH is 1. The Morgan fingerprint density at radius 3 is 2.71 bits per heavy atom. The van der Waals surface area contributed by atoms with Gasteiger partial charge in [-0.2, -0.15) is 23.5 Å². The van der Waals surface area contributed by atoms with Gasteiger partial charge in [-0.3, -0.25) is 0 Å². The molecule has 1 aromatic carbocycles. The maximum atomic E-state index is 10.4. The van der Waals surface area contributed by atoms with E-state index in [1.807, 2.05) is 35.7 Å². The van der Waals surface area contributed by atoms with Crippen LogP contribution in [0.15, 0.2) is 18.2 Å². The predicted molar refractivity (Wildman–Crippen MR) is 79.6 cm³/mol. The quantitative estimate of drug-likeness (QED) is 0.881. The Kier molecular flexibility index (Phi) is 4.96. The third-order valence-corrected chi connectivity index (χ3v) is 6.86. The van der Waals surface area contributed by atoms with E-state index in [0.717, 1.165) is 17.1 Å². The van der Waals surface area contributed by atoms with E-state index in [1.165, 1.54) is 0 Å². The van der Waals surface area contributed by atoms with Crippen LogP contribution in [0.5, 0.6) is 0 Å². The maximum Gasteiger partial charge on any atom is 0.0934 e. The minimum absolute atomic E-state index is 0.185. The Labute approximate surface area is 120 Å². The molecular formula is C12H14Cl2OS2. The van der Waals surface area contributed by atoms with Gasteiger partial charge in [0.25, 0.3) is 0 Å². The monoisotopic (exact) mass is 308 g/mol. The molecule has 0 aromatic heterocycles. The molecule has 0 spiro atoms. The van der Waals surface area contributed by atoms with E-state index in [1.54, 1.807) is 6.07 Å². The van der Waals surface area contributed by atoms with Crippen LogP contribution >= 0.6 is 46.7 Å². The number of hydrogen-bond donors (Lipinski definition) is 1. The minimum Gasteiger partial charge on any atom is -0.387 e. The Balaban J connectivity index is 2.23. The molecule has 1 heterocycles. The molecule has 0 radical (unpaired) electrons. The van der Waals surface area contributed by atoms with E-state index in [-0.39, 0.29) is 5.25 Å². The molecule has 3 atom stereocenters. The van der Waals surface area contributed by atoms with Crippen molar-refractivity contribution in [2.24, 2.45) is 0 Å². The third kappa shape index (κ3) is 3.07. The van der Waals surface area contributed by atoms with Gasteiger partial charge < -0.3 is 5.11 Å². The normalized spacial score (nSPS) is 26.8. The lowest BCUT2D eigenvalue weighted by atomic mass is 10.0. The second kappa shape index (κ2) is 6.07. The SMILES string of the molecule is CC1SCCSC1C(O)c1cccc(Cl)c1Cl. The number of benzene rings is 1. The van der Waals surface area contributed by atoms with Crippen molar-refractivity contribution in [3.63, 3.8) is 0 Å². The lowest BCUT2D eigenvalue weighted by Gasteiger charge is -2.32. The van der Waals surface area contributed by atoms with Crippen molar-refractivity contribution in [1.29, 1.82) is 0 Å². The molecule has 94 valence electrons. The largest absolute Gasteiger partial charge is 0.387 e. The van der Waals surface area contributed by atoms with Gasteiger partial charge in [0, 0.05) is 27.6 Å². The van der Waals surface area contributed by atoms with Crippen LogP contribution in [0.25, 0.3) is 0 Å². The minimum atomic E-state index is -0.547. The summed E-state index contributed by atoms with van der Waals surface area (Å²) in [6.07, 6.45) is -0.547. The summed E-state index contributed by atoms with van der Waals surface area (Å²) >= 11 is 15.8. The summed E-state index contributed by atoms with van der Waals surface area (Å²) in [5.74, 6) is 2.23. The highest BCUT2D eigenvalue weighted by Crippen LogP contribution is 2.41. The van der Waals surface area contributed by atoms with E-state index in [4.69, 9.17) is 23.2 Å². The van der Waals surface area contributed by atoms with Crippen LogP contribution in [0.1, 0.15) is 18.6 Å². The van der Waals surface area contributed by atoms with Crippen molar-refractivity contribution in [1.82, 2.24) is 0 Å². The predicted octanol–water partition coefficient (Wildman–Crippen LogP) is 4.26. The molecule has 1 aliphatic heterocycles. The molecule has 0 aliphatic carbocycles. The van der Waals surface area contributed by atoms with Gasteiger partial charge in [-0.15, -0.1) is 0 Å². The Morgan fingerprint density at radius 1 is 1.29 bits per heavy atom. The zero-order valence-corrected chi connectivity index (χ0v) is 12.5. The van der Waals surface area contributed by atoms with Crippen LogP contribution in [0, 0.1) is 0 Å². The van der Waals surface area contributed by atoms with Crippen molar-refractivity contribution in [2.75, 3.05) is 11.5 Å². The third-order valence-electron chi connectivity index (χ3n) is 2.85. The first-order chi connectivity index (χ1) is 8.11. The van der Waals surface area contributed by atoms with Crippen molar-refractivity contribution < 1.29 is 5.11 Å². The molecule has 0 saturated carbocycles. The number of rotatable bonds is 2. The standard InChI is InChI=1S/C12H14Cl2OS2/c1-7-12(17-6-5-16-7)11(15)8-3-2-4-9(13)10(8)14/h2-4,7,11-12,15H,5-6H2,1H3. The van der Waals surface area contributed by atoms with Crippen LogP contribution in [-0.4, -0.2) is 27.1 Å². The highest BCUT2D eigenvalue weighted by molar-refractivity contribution is 8.07. The fraction of sp³-hybridized carbons (Fsp3) is 0.500. The van der Waals surface area contributed by atoms with Crippen LogP contribution in [-0.2, 0) is 0 Å². The molecule has 0 amide bonds. The van der Waals surface area contributed by atoms with Crippen LogP contribution in [0.2, 0.25) is 10.0 Å². The van der Waals surface area contributed by atoms with E-state index >= 15 is 0 Å². The Morgan fingerprint density at radius 2 is 2.00 bits per heavy atom. The molecular weight excluding hydrogens is 295 g/mol. The van der Waals surface area contributed by atoms with Gasteiger partial charge in [-0.25, -0.2) is 0 Å². The lowest BCUT2D eigenvalue weighted by molar-refractivity contribution is 0.174. The lowest BCUT2D eigenvalue weighted by Crippen LogP contribution is -2.29. The second-order valence-corrected chi connectivity index (χ2v) is 7.56. The molecule has 2 rings (SSSR count). The highest BCUT2D eigenvalue weighted by Gasteiger charge is 2.31. The molecule has 1 aliphatic rings. The average Bonchev–Trinajstić information content (AvgIpc) is 2.32. The molecule has 0 bridgehead atoms. The van der Waals surface area contributed by atoms with Gasteiger partial charge in [0.05, 0.1) is 16.1 Å². The number of aliphatic hydroxyl groups is 1. The van der Waals surface area contributed by atoms with Crippen molar-refractivity contribution in [2.45, 2.75) is 23.5 Å². The maximum absolute atomic E-state index is 10.4. The summed E-state index contributed by atoms with van der Waals surface area (Å²) in [6.45, 7) is 2.16. The van der Waals surface area contributed by atoms with Crippen LogP contribution in [0.3, 0.4) is 0 Å². The van der Waals surface area contributed by atoms with Gasteiger partial charge in [-0.1, -0.05) is 42.3 Å². The first-order valence-electron chi connectivity index (χ1n) is 5.46. The van der Waals surface area contributed by atoms with Gasteiger partial charge in [0.1, 0.15) is 0 Å². The molecule has 1 aromatic rings. The molecule has 1 fully saturated rings. The van der Waals surface area contributed by atoms with E-state index < -0.39 is 6.10 Å². The van der Waals surface area contributed by atoms with Crippen LogP contribution in [0.4, 0.5) is 0 Å². The fourth-order valence-corrected chi connectivity index (χ4v) is 5.17. The number of thioether (sulfide) groups is 2. The van der Waals surface area contributed by atoms with Crippen molar-refractivity contribution in [3.05, 3.63) is 33.8 Å². The summed E-state index contributed by atoms with van der Waals surface area (Å²) in [6, 6.07) is 5.43. The molecule has 1 saturated heterocycles. The van der Waals surface area contributed by atoms with Crippen molar-refractivity contribution in [3.8, 4) is 0 Å². The fourth-order valence-electron chi connectivity index (χ4n) is 1.92. The summed E-state index contributed by atoms with van der Waals surface area (Å²) in [5, 5.41) is 12.0. The summed E-state index contributed by atoms with van der Waals surface area (Å²) < 4.78 is 0. The average molecular weight is 309 g/mol. The van der Waals surface area contributed by atoms with Crippen molar-refractivity contribution >= 4 is 46.7 Å².